The number of nitrogens with zero attached hydrogens (tertiary/aromatic N) is 2. The summed E-state index contributed by atoms with van der Waals surface area (Å²) >= 11 is 0. The van der Waals surface area contributed by atoms with Crippen LogP contribution in [0.15, 0.2) is 168 Å². The number of aromatic nitrogens is 2. The van der Waals surface area contributed by atoms with E-state index in [1.165, 1.54) is 55.2 Å². The van der Waals surface area contributed by atoms with Crippen molar-refractivity contribution in [2.45, 2.75) is 20.3 Å². The Hall–Kier alpha value is -6.19. The first-order chi connectivity index (χ1) is 24.6. The van der Waals surface area contributed by atoms with Crippen LogP contribution in [0.5, 0.6) is 0 Å². The van der Waals surface area contributed by atoms with Gasteiger partial charge in [-0.2, -0.15) is 0 Å². The first-order valence-corrected chi connectivity index (χ1v) is 17.4. The van der Waals surface area contributed by atoms with Gasteiger partial charge in [-0.25, -0.2) is 4.98 Å². The Labute approximate surface area is 292 Å². The Kier molecular flexibility index (Phi) is 7.39. The van der Waals surface area contributed by atoms with Gasteiger partial charge in [0.25, 0.3) is 0 Å². The SMILES string of the molecule is CC(C)Cc1cccc2nc(-c3ccc(-c4ccccc4-c4ccccc4-c4ccc(-n5c6ccccc6c6ccccc65)cc4)cc3)oc12. The molecule has 2 aromatic heterocycles. The molecule has 0 unspecified atom stereocenters. The molecule has 0 atom stereocenters. The molecule has 240 valence electrons. The maximum atomic E-state index is 6.35. The zero-order chi connectivity index (χ0) is 33.6. The molecule has 3 nitrogen and oxygen atoms in total. The van der Waals surface area contributed by atoms with Gasteiger partial charge in [-0.3, -0.25) is 0 Å². The summed E-state index contributed by atoms with van der Waals surface area (Å²) in [5.41, 5.74) is 14.7. The normalized spacial score (nSPS) is 11.7. The van der Waals surface area contributed by atoms with Gasteiger partial charge in [-0.1, -0.05) is 135 Å². The van der Waals surface area contributed by atoms with Crippen LogP contribution in [0.2, 0.25) is 0 Å². The van der Waals surface area contributed by atoms with E-state index in [1.807, 2.05) is 6.07 Å². The Bertz CT molecular complexity index is 2590. The molecule has 0 bridgehead atoms. The second-order valence-corrected chi connectivity index (χ2v) is 13.5. The predicted octanol–water partition coefficient (Wildman–Crippen LogP) is 12.8. The molecule has 0 N–H and O–H groups in total. The smallest absolute Gasteiger partial charge is 0.227 e. The lowest BCUT2D eigenvalue weighted by molar-refractivity contribution is 0.599. The Morgan fingerprint density at radius 1 is 0.500 bits per heavy atom. The number of benzene rings is 7. The molecule has 0 saturated carbocycles. The van der Waals surface area contributed by atoms with Crippen molar-refractivity contribution in [2.75, 3.05) is 0 Å². The molecular formula is C47H36N2O. The second kappa shape index (κ2) is 12.4. The maximum absolute atomic E-state index is 6.35. The van der Waals surface area contributed by atoms with Gasteiger partial charge in [0, 0.05) is 22.0 Å². The van der Waals surface area contributed by atoms with Crippen LogP contribution in [-0.4, -0.2) is 9.55 Å². The lowest BCUT2D eigenvalue weighted by Crippen LogP contribution is -1.94. The van der Waals surface area contributed by atoms with Gasteiger partial charge in [0.2, 0.25) is 5.89 Å². The summed E-state index contributed by atoms with van der Waals surface area (Å²) in [6.45, 7) is 4.46. The maximum Gasteiger partial charge on any atom is 0.227 e. The highest BCUT2D eigenvalue weighted by Crippen LogP contribution is 2.40. The Morgan fingerprint density at radius 3 is 1.58 bits per heavy atom. The number of oxazole rings is 1. The van der Waals surface area contributed by atoms with E-state index < -0.39 is 0 Å². The van der Waals surface area contributed by atoms with E-state index in [1.54, 1.807) is 0 Å². The van der Waals surface area contributed by atoms with Gasteiger partial charge in [0.1, 0.15) is 5.52 Å². The highest BCUT2D eigenvalue weighted by Gasteiger charge is 2.16. The highest BCUT2D eigenvalue weighted by atomic mass is 16.3. The first-order valence-electron chi connectivity index (χ1n) is 17.4. The third kappa shape index (κ3) is 5.19. The van der Waals surface area contributed by atoms with Crippen molar-refractivity contribution in [3.8, 4) is 50.5 Å². The second-order valence-electron chi connectivity index (χ2n) is 13.5. The molecule has 9 aromatic rings. The summed E-state index contributed by atoms with van der Waals surface area (Å²) in [6.07, 6.45) is 0.967. The standard InChI is InChI=1S/C47H36N2O/c1-31(2)30-35-12-11-19-43-46(35)50-47(48-43)34-24-22-32(23-25-34)37-13-3-5-15-39(37)40-16-6-4-14-38(40)33-26-28-36(29-27-33)49-44-20-9-7-17-41(44)42-18-8-10-21-45(42)49/h3-29,31H,30H2,1-2H3. The molecule has 0 saturated heterocycles. The van der Waals surface area contributed by atoms with E-state index in [0.717, 1.165) is 34.3 Å². The van der Waals surface area contributed by atoms with Gasteiger partial charge in [-0.05, 0) is 93.7 Å². The van der Waals surface area contributed by atoms with Crippen molar-refractivity contribution in [2.24, 2.45) is 5.92 Å². The Balaban J connectivity index is 1.07. The molecule has 3 heteroatoms. The minimum Gasteiger partial charge on any atom is -0.436 e. The van der Waals surface area contributed by atoms with Crippen molar-refractivity contribution in [3.05, 3.63) is 169 Å². The topological polar surface area (TPSA) is 31.0 Å². The highest BCUT2D eigenvalue weighted by molar-refractivity contribution is 6.09. The summed E-state index contributed by atoms with van der Waals surface area (Å²) < 4.78 is 8.72. The van der Waals surface area contributed by atoms with E-state index in [9.17, 15) is 0 Å². The largest absolute Gasteiger partial charge is 0.436 e. The molecular weight excluding hydrogens is 609 g/mol. The third-order valence-electron chi connectivity index (χ3n) is 9.73. The first kappa shape index (κ1) is 29.9. The minimum atomic E-state index is 0.546. The van der Waals surface area contributed by atoms with Crippen molar-refractivity contribution in [3.63, 3.8) is 0 Å². The van der Waals surface area contributed by atoms with E-state index in [0.29, 0.717) is 11.8 Å². The zero-order valence-electron chi connectivity index (χ0n) is 28.2. The van der Waals surface area contributed by atoms with Crippen LogP contribution in [0.3, 0.4) is 0 Å². The van der Waals surface area contributed by atoms with E-state index in [2.05, 4.69) is 176 Å². The van der Waals surface area contributed by atoms with E-state index in [-0.39, 0.29) is 0 Å². The molecule has 0 aliphatic rings. The van der Waals surface area contributed by atoms with Gasteiger partial charge in [-0.15, -0.1) is 0 Å². The quantitative estimate of drug-likeness (QED) is 0.173. The summed E-state index contributed by atoms with van der Waals surface area (Å²) in [6, 6.07) is 58.6. The fraction of sp³-hybridized carbons (Fsp3) is 0.0851. The predicted molar refractivity (Wildman–Crippen MR) is 209 cm³/mol. The lowest BCUT2D eigenvalue weighted by atomic mass is 9.89. The molecule has 0 aliphatic carbocycles. The fourth-order valence-corrected chi connectivity index (χ4v) is 7.45. The number of para-hydroxylation sites is 3. The van der Waals surface area contributed by atoms with Crippen LogP contribution in [0.4, 0.5) is 0 Å². The van der Waals surface area contributed by atoms with Gasteiger partial charge < -0.3 is 8.98 Å². The van der Waals surface area contributed by atoms with E-state index >= 15 is 0 Å². The zero-order valence-corrected chi connectivity index (χ0v) is 28.2. The average molecular weight is 645 g/mol. The number of hydrogen-bond donors (Lipinski definition) is 0. The summed E-state index contributed by atoms with van der Waals surface area (Å²) in [5, 5.41) is 2.54. The minimum absolute atomic E-state index is 0.546. The van der Waals surface area contributed by atoms with Crippen molar-refractivity contribution in [1.29, 1.82) is 0 Å². The van der Waals surface area contributed by atoms with Crippen LogP contribution < -0.4 is 0 Å². The van der Waals surface area contributed by atoms with Crippen LogP contribution in [0.25, 0.3) is 83.4 Å². The Morgan fingerprint density at radius 2 is 1.00 bits per heavy atom. The van der Waals surface area contributed by atoms with Crippen LogP contribution in [0, 0.1) is 5.92 Å². The van der Waals surface area contributed by atoms with Crippen LogP contribution >= 0.6 is 0 Å². The monoisotopic (exact) mass is 644 g/mol. The van der Waals surface area contributed by atoms with Crippen molar-refractivity contribution in [1.82, 2.24) is 9.55 Å². The summed E-state index contributed by atoms with van der Waals surface area (Å²) in [7, 11) is 0. The van der Waals surface area contributed by atoms with Crippen molar-refractivity contribution >= 4 is 32.9 Å². The molecule has 7 aromatic carbocycles. The van der Waals surface area contributed by atoms with Gasteiger partial charge >= 0.3 is 0 Å². The molecule has 50 heavy (non-hydrogen) atoms. The number of fused-ring (bicyclic) bond motifs is 4. The number of rotatable bonds is 7. The van der Waals surface area contributed by atoms with E-state index in [4.69, 9.17) is 9.40 Å². The third-order valence-corrected chi connectivity index (χ3v) is 9.73. The van der Waals surface area contributed by atoms with Gasteiger partial charge in [0.15, 0.2) is 5.58 Å². The van der Waals surface area contributed by atoms with Gasteiger partial charge in [0.05, 0.1) is 11.0 Å². The summed E-state index contributed by atoms with van der Waals surface area (Å²) in [4.78, 5) is 4.85. The lowest BCUT2D eigenvalue weighted by Gasteiger charge is -2.15. The fourth-order valence-electron chi connectivity index (χ4n) is 7.45. The number of hydrogen-bond acceptors (Lipinski definition) is 2. The average Bonchev–Trinajstić information content (AvgIpc) is 3.76. The van der Waals surface area contributed by atoms with Crippen LogP contribution in [0.1, 0.15) is 19.4 Å². The molecule has 0 aliphatic heterocycles. The summed E-state index contributed by atoms with van der Waals surface area (Å²) in [5.74, 6) is 1.20. The molecule has 9 rings (SSSR count). The molecule has 0 spiro atoms. The van der Waals surface area contributed by atoms with Crippen molar-refractivity contribution < 1.29 is 4.42 Å². The molecule has 2 heterocycles. The molecule has 0 fully saturated rings. The van der Waals surface area contributed by atoms with Crippen LogP contribution in [-0.2, 0) is 6.42 Å². The molecule has 0 amide bonds. The molecule has 0 radical (unpaired) electrons.